The maximum atomic E-state index is 14.0. The summed E-state index contributed by atoms with van der Waals surface area (Å²) in [5, 5.41) is 3.13. The van der Waals surface area contributed by atoms with Crippen molar-refractivity contribution in [1.29, 1.82) is 0 Å². The molecule has 3 aromatic rings. The van der Waals surface area contributed by atoms with Gasteiger partial charge in [0, 0.05) is 24.1 Å². The van der Waals surface area contributed by atoms with Gasteiger partial charge in [-0.2, -0.15) is 4.37 Å². The number of carbonyl (C=O) groups is 3. The van der Waals surface area contributed by atoms with Gasteiger partial charge in [-0.05, 0) is 65.7 Å². The largest absolute Gasteiger partial charge is 0.395 e. The van der Waals surface area contributed by atoms with Crippen LogP contribution in [0.4, 0.5) is 11.4 Å². The van der Waals surface area contributed by atoms with E-state index in [9.17, 15) is 14.4 Å². The summed E-state index contributed by atoms with van der Waals surface area (Å²) in [4.78, 5) is 45.1. The molecule has 10 heteroatoms. The first-order chi connectivity index (χ1) is 17.3. The average Bonchev–Trinajstić information content (AvgIpc) is 3.52. The zero-order valence-electron chi connectivity index (χ0n) is 20.3. The maximum Gasteiger partial charge on any atom is 0.273 e. The minimum atomic E-state index is -0.996. The number of aromatic nitrogens is 2. The predicted molar refractivity (Wildman–Crippen MR) is 140 cm³/mol. The van der Waals surface area contributed by atoms with Gasteiger partial charge in [0.05, 0.1) is 5.69 Å². The molecule has 0 saturated heterocycles. The first-order valence-electron chi connectivity index (χ1n) is 12.0. The molecule has 1 aromatic carbocycles. The second kappa shape index (κ2) is 10.9. The second-order valence-corrected chi connectivity index (χ2v) is 10.0. The zero-order chi connectivity index (χ0) is 25.8. The predicted octanol–water partition coefficient (Wildman–Crippen LogP) is 3.79. The van der Waals surface area contributed by atoms with Crippen molar-refractivity contribution >= 4 is 40.6 Å². The van der Waals surface area contributed by atoms with Crippen LogP contribution in [0, 0.1) is 0 Å². The van der Waals surface area contributed by atoms with E-state index in [0.29, 0.717) is 17.2 Å². The molecule has 188 valence electrons. The lowest BCUT2D eigenvalue weighted by molar-refractivity contribution is -0.123. The number of carbonyl (C=O) groups excluding carboxylic acids is 3. The van der Waals surface area contributed by atoms with Crippen LogP contribution in [0.15, 0.2) is 48.8 Å². The van der Waals surface area contributed by atoms with Gasteiger partial charge in [-0.1, -0.05) is 38.8 Å². The maximum absolute atomic E-state index is 14.0. The molecular weight excluding hydrogens is 476 g/mol. The highest BCUT2D eigenvalue weighted by Gasteiger charge is 2.37. The van der Waals surface area contributed by atoms with Crippen molar-refractivity contribution in [3.05, 3.63) is 70.5 Å². The Kier molecular flexibility index (Phi) is 7.64. The Labute approximate surface area is 214 Å². The Morgan fingerprint density at radius 2 is 1.67 bits per heavy atom. The Morgan fingerprint density at radius 3 is 2.22 bits per heavy atom. The van der Waals surface area contributed by atoms with Crippen molar-refractivity contribution in [3.63, 3.8) is 0 Å². The minimum absolute atomic E-state index is 0.0458. The molecule has 1 atom stereocenters. The van der Waals surface area contributed by atoms with Crippen LogP contribution in [0.3, 0.4) is 0 Å². The molecule has 36 heavy (non-hydrogen) atoms. The Balaban J connectivity index is 1.83. The minimum Gasteiger partial charge on any atom is -0.395 e. The lowest BCUT2D eigenvalue weighted by Crippen LogP contribution is -2.46. The van der Waals surface area contributed by atoms with Crippen molar-refractivity contribution in [2.45, 2.75) is 57.5 Å². The van der Waals surface area contributed by atoms with Crippen LogP contribution >= 0.6 is 11.5 Å². The molecule has 0 aliphatic heterocycles. The molecule has 1 aliphatic carbocycles. The topological polar surface area (TPSA) is 144 Å². The van der Waals surface area contributed by atoms with E-state index in [-0.39, 0.29) is 28.2 Å². The number of amides is 3. The number of benzene rings is 1. The SMILES string of the molecule is CC(C)c1ccc(N(C(=O)c2snc(C(N)=O)c2N)[C@@H](C(=O)NC2CCCC2)c2ccncc2)cc1. The van der Waals surface area contributed by atoms with Crippen LogP contribution in [0.2, 0.25) is 0 Å². The molecule has 2 aromatic heterocycles. The summed E-state index contributed by atoms with van der Waals surface area (Å²) in [5.74, 6) is -1.37. The molecule has 4 rings (SSSR count). The highest BCUT2D eigenvalue weighted by Crippen LogP contribution is 2.34. The molecule has 9 nitrogen and oxygen atoms in total. The van der Waals surface area contributed by atoms with Gasteiger partial charge in [0.1, 0.15) is 10.9 Å². The Hall–Kier alpha value is -3.79. The van der Waals surface area contributed by atoms with Crippen molar-refractivity contribution in [3.8, 4) is 0 Å². The Bertz CT molecular complexity index is 1240. The summed E-state index contributed by atoms with van der Waals surface area (Å²) in [6, 6.07) is 9.99. The van der Waals surface area contributed by atoms with Crippen LogP contribution in [-0.4, -0.2) is 33.1 Å². The van der Waals surface area contributed by atoms with Crippen LogP contribution in [-0.2, 0) is 4.79 Å². The van der Waals surface area contributed by atoms with Gasteiger partial charge in [-0.3, -0.25) is 24.3 Å². The van der Waals surface area contributed by atoms with E-state index in [1.165, 1.54) is 4.90 Å². The zero-order valence-corrected chi connectivity index (χ0v) is 21.1. The highest BCUT2D eigenvalue weighted by molar-refractivity contribution is 7.09. The lowest BCUT2D eigenvalue weighted by atomic mass is 10.0. The fraction of sp³-hybridized carbons (Fsp3) is 0.346. The van der Waals surface area contributed by atoms with Gasteiger partial charge in [0.2, 0.25) is 5.91 Å². The molecular formula is C26H30N6O3S. The molecule has 1 saturated carbocycles. The van der Waals surface area contributed by atoms with E-state index >= 15 is 0 Å². The summed E-state index contributed by atoms with van der Waals surface area (Å²) in [5.41, 5.74) is 13.5. The number of hydrogen-bond acceptors (Lipinski definition) is 7. The highest BCUT2D eigenvalue weighted by atomic mass is 32.1. The number of hydrogen-bond donors (Lipinski definition) is 3. The van der Waals surface area contributed by atoms with Crippen LogP contribution in [0.1, 0.15) is 82.8 Å². The molecule has 3 amide bonds. The van der Waals surface area contributed by atoms with Gasteiger partial charge in [-0.15, -0.1) is 0 Å². The number of nitrogens with two attached hydrogens (primary N) is 2. The second-order valence-electron chi connectivity index (χ2n) is 9.23. The number of rotatable bonds is 8. The summed E-state index contributed by atoms with van der Waals surface area (Å²) >= 11 is 0.790. The molecule has 0 spiro atoms. The van der Waals surface area contributed by atoms with Gasteiger partial charge in [0.25, 0.3) is 11.8 Å². The van der Waals surface area contributed by atoms with Crippen molar-refractivity contribution in [2.75, 3.05) is 10.6 Å². The lowest BCUT2D eigenvalue weighted by Gasteiger charge is -2.32. The van der Waals surface area contributed by atoms with E-state index in [4.69, 9.17) is 11.5 Å². The third-order valence-electron chi connectivity index (χ3n) is 6.44. The van der Waals surface area contributed by atoms with Crippen molar-refractivity contribution < 1.29 is 14.4 Å². The molecule has 1 aliphatic rings. The summed E-state index contributed by atoms with van der Waals surface area (Å²) in [6.07, 6.45) is 7.07. The molecule has 2 heterocycles. The first kappa shape index (κ1) is 25.3. The average molecular weight is 507 g/mol. The van der Waals surface area contributed by atoms with E-state index in [0.717, 1.165) is 42.8 Å². The van der Waals surface area contributed by atoms with Crippen LogP contribution in [0.5, 0.6) is 0 Å². The normalized spacial score (nSPS) is 14.5. The van der Waals surface area contributed by atoms with Gasteiger partial charge < -0.3 is 16.8 Å². The number of primary amides is 1. The van der Waals surface area contributed by atoms with E-state index in [1.54, 1.807) is 24.5 Å². The number of nitrogen functional groups attached to an aromatic ring is 1. The first-order valence-corrected chi connectivity index (χ1v) is 12.7. The molecule has 0 unspecified atom stereocenters. The third kappa shape index (κ3) is 5.23. The number of anilines is 2. The van der Waals surface area contributed by atoms with Crippen molar-refractivity contribution in [1.82, 2.24) is 14.7 Å². The number of nitrogens with one attached hydrogen (secondary N) is 1. The van der Waals surface area contributed by atoms with Gasteiger partial charge in [0.15, 0.2) is 5.69 Å². The summed E-state index contributed by atoms with van der Waals surface area (Å²) in [7, 11) is 0. The molecule has 0 radical (unpaired) electrons. The van der Waals surface area contributed by atoms with E-state index in [1.807, 2.05) is 24.3 Å². The van der Waals surface area contributed by atoms with E-state index in [2.05, 4.69) is 28.5 Å². The smallest absolute Gasteiger partial charge is 0.273 e. The van der Waals surface area contributed by atoms with E-state index < -0.39 is 17.9 Å². The van der Waals surface area contributed by atoms with Crippen molar-refractivity contribution in [2.24, 2.45) is 5.73 Å². The molecule has 5 N–H and O–H groups in total. The summed E-state index contributed by atoms with van der Waals surface area (Å²) < 4.78 is 3.99. The molecule has 1 fully saturated rings. The number of pyridine rings is 1. The fourth-order valence-electron chi connectivity index (χ4n) is 4.46. The fourth-order valence-corrected chi connectivity index (χ4v) is 5.20. The van der Waals surface area contributed by atoms with Crippen LogP contribution in [0.25, 0.3) is 0 Å². The van der Waals surface area contributed by atoms with Crippen LogP contribution < -0.4 is 21.7 Å². The van der Waals surface area contributed by atoms with Gasteiger partial charge in [-0.25, -0.2) is 0 Å². The van der Waals surface area contributed by atoms with Gasteiger partial charge >= 0.3 is 0 Å². The standard InChI is InChI=1S/C26H30N6O3S/c1-15(2)16-7-9-19(10-8-16)32(26(35)23-20(27)21(24(28)33)31-36-23)22(17-11-13-29-14-12-17)25(34)30-18-5-3-4-6-18/h7-15,18,22H,3-6,27H2,1-2H3,(H2,28,33)(H,30,34)/t22-/m1/s1. The summed E-state index contributed by atoms with van der Waals surface area (Å²) in [6.45, 7) is 4.16. The molecule has 0 bridgehead atoms. The number of nitrogens with zero attached hydrogens (tertiary/aromatic N) is 3. The third-order valence-corrected chi connectivity index (χ3v) is 7.29. The monoisotopic (exact) mass is 506 g/mol. The quantitative estimate of drug-likeness (QED) is 0.424. The Morgan fingerprint density at radius 1 is 1.03 bits per heavy atom.